The summed E-state index contributed by atoms with van der Waals surface area (Å²) in [5.74, 6) is 0.245. The van der Waals surface area contributed by atoms with Gasteiger partial charge in [0.1, 0.15) is 5.75 Å². The number of hydrogen-bond donors (Lipinski definition) is 1. The van der Waals surface area contributed by atoms with Crippen molar-refractivity contribution in [3.63, 3.8) is 0 Å². The Morgan fingerprint density at radius 2 is 1.43 bits per heavy atom. The molecule has 0 radical (unpaired) electrons. The molecule has 0 amide bonds. The molecule has 0 bridgehead atoms. The van der Waals surface area contributed by atoms with Crippen LogP contribution in [0.2, 0.25) is 5.02 Å². The van der Waals surface area contributed by atoms with Crippen LogP contribution in [0.15, 0.2) is 24.3 Å². The van der Waals surface area contributed by atoms with Gasteiger partial charge in [-0.2, -0.15) is 0 Å². The van der Waals surface area contributed by atoms with Gasteiger partial charge in [0.15, 0.2) is 0 Å². The van der Waals surface area contributed by atoms with E-state index < -0.39 is 6.16 Å². The van der Waals surface area contributed by atoms with Gasteiger partial charge in [-0.1, -0.05) is 11.6 Å². The van der Waals surface area contributed by atoms with Gasteiger partial charge in [-0.25, -0.2) is 0 Å². The number of phenols is 1. The van der Waals surface area contributed by atoms with Crippen molar-refractivity contribution in [3.8, 4) is 5.75 Å². The summed E-state index contributed by atoms with van der Waals surface area (Å²) in [6.45, 7) is 0. The predicted molar refractivity (Wildman–Crippen MR) is 38.5 cm³/mol. The van der Waals surface area contributed by atoms with E-state index in [0.717, 1.165) is 0 Å². The van der Waals surface area contributed by atoms with Crippen molar-refractivity contribution in [3.05, 3.63) is 29.3 Å². The fraction of sp³-hybridized carbons (Fsp3) is 0. The molecule has 0 aliphatic carbocycles. The zero-order chi connectivity index (χ0) is 9.56. The third-order valence-electron chi connectivity index (χ3n) is 0.827. The molecule has 0 aromatic heterocycles. The first-order chi connectivity index (χ1) is 5.52. The Balaban J connectivity index is -0.000000180. The molecule has 0 saturated carbocycles. The predicted octanol–water partition coefficient (Wildman–Crippen LogP) is -6.39. The van der Waals surface area contributed by atoms with E-state index in [0.29, 0.717) is 5.02 Å². The zero-order valence-corrected chi connectivity index (χ0v) is 14.9. The van der Waals surface area contributed by atoms with Crippen LogP contribution < -0.4 is 113 Å². The topological polar surface area (TPSA) is 83.4 Å². The van der Waals surface area contributed by atoms with E-state index in [4.69, 9.17) is 31.7 Å². The van der Waals surface area contributed by atoms with Crippen molar-refractivity contribution < 1.29 is 123 Å². The third-order valence-corrected chi connectivity index (χ3v) is 1.08. The van der Waals surface area contributed by atoms with Gasteiger partial charge in [-0.15, -0.1) is 0 Å². The summed E-state index contributed by atoms with van der Waals surface area (Å²) in [6.07, 6.45) is -2.33. The summed E-state index contributed by atoms with van der Waals surface area (Å²) in [7, 11) is 0. The largest absolute Gasteiger partial charge is 1.00 e. The van der Waals surface area contributed by atoms with Crippen molar-refractivity contribution in [2.24, 2.45) is 0 Å². The van der Waals surface area contributed by atoms with Crippen LogP contribution in [0.4, 0.5) is 4.79 Å². The Kier molecular flexibility index (Phi) is 19.5. The Morgan fingerprint density at radius 1 is 1.14 bits per heavy atom. The van der Waals surface area contributed by atoms with Crippen LogP contribution in [0.3, 0.4) is 0 Å². The van der Waals surface area contributed by atoms with Crippen LogP contribution in [0, 0.1) is 0 Å². The van der Waals surface area contributed by atoms with Gasteiger partial charge in [0, 0.05) is 5.02 Å². The second-order valence-electron chi connectivity index (χ2n) is 1.73. The van der Waals surface area contributed by atoms with Gasteiger partial charge >= 0.3 is 103 Å². The molecule has 1 N–H and O–H groups in total. The first-order valence-corrected chi connectivity index (χ1v) is 3.22. The summed E-state index contributed by atoms with van der Waals surface area (Å²) in [4.78, 5) is 8.33. The third kappa shape index (κ3) is 16.3. The van der Waals surface area contributed by atoms with Crippen LogP contribution in [0.25, 0.3) is 0 Å². The summed E-state index contributed by atoms with van der Waals surface area (Å²) < 4.78 is 0. The standard InChI is InChI=1S/C6H5ClO.CH2O3.2K/c7-5-1-3-6(8)4-2-5;2-1(3)4;;/h1-4,8H;(H2,2,3,4);;/q;;2*+1/p-2. The van der Waals surface area contributed by atoms with Crippen molar-refractivity contribution in [1.82, 2.24) is 0 Å². The van der Waals surface area contributed by atoms with Crippen LogP contribution in [0.1, 0.15) is 0 Å². The SMILES string of the molecule is O=C([O-])[O-].Oc1ccc(Cl)cc1.[K+].[K+]. The van der Waals surface area contributed by atoms with Crippen LogP contribution in [-0.2, 0) is 0 Å². The number of hydrogen-bond acceptors (Lipinski definition) is 4. The second kappa shape index (κ2) is 12.9. The first kappa shape index (κ1) is 21.2. The molecule has 66 valence electrons. The minimum Gasteiger partial charge on any atom is -0.652 e. The molecular formula is C7H5ClK2O4. The molecule has 0 aliphatic rings. The molecule has 0 atom stereocenters. The number of carbonyl (C=O) groups is 1. The Hall–Kier alpha value is 1.85. The number of phenolic OH excluding ortho intramolecular Hbond substituents is 1. The molecule has 0 saturated heterocycles. The van der Waals surface area contributed by atoms with E-state index >= 15 is 0 Å². The van der Waals surface area contributed by atoms with E-state index in [2.05, 4.69) is 0 Å². The maximum absolute atomic E-state index is 8.70. The zero-order valence-electron chi connectivity index (χ0n) is 7.86. The fourth-order valence-corrected chi connectivity index (χ4v) is 0.567. The van der Waals surface area contributed by atoms with E-state index in [1.54, 1.807) is 24.3 Å². The quantitative estimate of drug-likeness (QED) is 0.474. The Bertz CT molecular complexity index is 227. The van der Waals surface area contributed by atoms with Crippen LogP contribution in [-0.4, -0.2) is 11.3 Å². The number of aromatic hydroxyl groups is 1. The summed E-state index contributed by atoms with van der Waals surface area (Å²) >= 11 is 5.50. The van der Waals surface area contributed by atoms with E-state index in [1.807, 2.05) is 0 Å². The average Bonchev–Trinajstić information content (AvgIpc) is 1.94. The van der Waals surface area contributed by atoms with Crippen LogP contribution >= 0.6 is 11.6 Å². The molecule has 0 aliphatic heterocycles. The minimum atomic E-state index is -2.33. The first-order valence-electron chi connectivity index (χ1n) is 2.85. The van der Waals surface area contributed by atoms with Gasteiger partial charge in [-0.05, 0) is 30.4 Å². The van der Waals surface area contributed by atoms with Gasteiger partial charge in [-0.3, -0.25) is 0 Å². The molecule has 1 aromatic rings. The number of rotatable bonds is 0. The Morgan fingerprint density at radius 3 is 1.64 bits per heavy atom. The molecule has 1 rings (SSSR count). The van der Waals surface area contributed by atoms with Gasteiger partial charge < -0.3 is 20.1 Å². The minimum absolute atomic E-state index is 0. The monoisotopic (exact) mass is 266 g/mol. The van der Waals surface area contributed by atoms with Gasteiger partial charge in [0.05, 0.1) is 0 Å². The van der Waals surface area contributed by atoms with Crippen LogP contribution in [0.5, 0.6) is 5.75 Å². The number of halogens is 1. The average molecular weight is 267 g/mol. The second-order valence-corrected chi connectivity index (χ2v) is 2.16. The van der Waals surface area contributed by atoms with Crippen molar-refractivity contribution in [2.75, 3.05) is 0 Å². The molecule has 0 spiro atoms. The maximum atomic E-state index is 8.70. The van der Waals surface area contributed by atoms with E-state index in [9.17, 15) is 0 Å². The molecule has 1 aromatic carbocycles. The Labute approximate surface area is 171 Å². The van der Waals surface area contributed by atoms with Crippen molar-refractivity contribution in [1.29, 1.82) is 0 Å². The molecule has 0 heterocycles. The van der Waals surface area contributed by atoms with Crippen molar-refractivity contribution >= 4 is 17.8 Å². The van der Waals surface area contributed by atoms with Gasteiger partial charge in [0.25, 0.3) is 0 Å². The molecule has 0 unspecified atom stereocenters. The number of carboxylic acid groups (broad SMARTS) is 2. The maximum Gasteiger partial charge on any atom is 1.00 e. The molecule has 4 nitrogen and oxygen atoms in total. The van der Waals surface area contributed by atoms with E-state index in [-0.39, 0.29) is 109 Å². The molecule has 0 fully saturated rings. The van der Waals surface area contributed by atoms with E-state index in [1.165, 1.54) is 0 Å². The van der Waals surface area contributed by atoms with Gasteiger partial charge in [0.2, 0.25) is 0 Å². The molecule has 14 heavy (non-hydrogen) atoms. The number of carbonyl (C=O) groups excluding carboxylic acids is 1. The summed E-state index contributed by atoms with van der Waals surface area (Å²) in [5, 5.41) is 26.0. The number of benzene rings is 1. The normalized spacial score (nSPS) is 6.93. The summed E-state index contributed by atoms with van der Waals surface area (Å²) in [6, 6.07) is 6.36. The van der Waals surface area contributed by atoms with Crippen molar-refractivity contribution in [2.45, 2.75) is 0 Å². The molecular weight excluding hydrogens is 262 g/mol. The summed E-state index contributed by atoms with van der Waals surface area (Å²) in [5.41, 5.74) is 0. The smallest absolute Gasteiger partial charge is 0.652 e. The fourth-order valence-electron chi connectivity index (χ4n) is 0.441. The molecule has 7 heteroatoms.